The van der Waals surface area contributed by atoms with Crippen molar-refractivity contribution in [1.82, 2.24) is 0 Å². The number of aliphatic hydroxyl groups excluding tert-OH is 1. The molecular weight excluding hydrogens is 218 g/mol. The molecule has 0 saturated carbocycles. The number of rotatable bonds is 6. The van der Waals surface area contributed by atoms with Gasteiger partial charge in [0.25, 0.3) is 0 Å². The van der Waals surface area contributed by atoms with Crippen LogP contribution in [0.25, 0.3) is 0 Å². The Bertz CT molecular complexity index is 341. The lowest BCUT2D eigenvalue weighted by atomic mass is 10.1. The lowest BCUT2D eigenvalue weighted by Crippen LogP contribution is -2.28. The van der Waals surface area contributed by atoms with E-state index in [4.69, 9.17) is 15.2 Å². The first-order valence-electron chi connectivity index (χ1n) is 5.76. The molecule has 3 unspecified atom stereocenters. The lowest BCUT2D eigenvalue weighted by Gasteiger charge is -2.24. The second-order valence-electron chi connectivity index (χ2n) is 4.05. The van der Waals surface area contributed by atoms with Crippen LogP contribution in [0.1, 0.15) is 25.5 Å². The summed E-state index contributed by atoms with van der Waals surface area (Å²) in [5, 5.41) is 9.44. The molecule has 1 aromatic rings. The van der Waals surface area contributed by atoms with Crippen LogP contribution in [-0.4, -0.2) is 31.0 Å². The van der Waals surface area contributed by atoms with Gasteiger partial charge in [-0.05, 0) is 19.9 Å². The Kier molecular flexibility index (Phi) is 5.41. The molecule has 0 aromatic heterocycles. The van der Waals surface area contributed by atoms with Gasteiger partial charge in [-0.2, -0.15) is 0 Å². The largest absolute Gasteiger partial charge is 0.496 e. The van der Waals surface area contributed by atoms with Gasteiger partial charge in [0.05, 0.1) is 25.4 Å². The zero-order chi connectivity index (χ0) is 12.8. The predicted molar refractivity (Wildman–Crippen MR) is 67.0 cm³/mol. The fourth-order valence-corrected chi connectivity index (χ4v) is 1.56. The van der Waals surface area contributed by atoms with Crippen LogP contribution in [-0.2, 0) is 4.74 Å². The van der Waals surface area contributed by atoms with Gasteiger partial charge in [0.15, 0.2) is 0 Å². The van der Waals surface area contributed by atoms with Crippen molar-refractivity contribution in [1.29, 1.82) is 0 Å². The zero-order valence-corrected chi connectivity index (χ0v) is 10.6. The third kappa shape index (κ3) is 3.70. The van der Waals surface area contributed by atoms with E-state index in [1.807, 2.05) is 31.2 Å². The Balaban J connectivity index is 2.86. The summed E-state index contributed by atoms with van der Waals surface area (Å²) in [7, 11) is 1.62. The van der Waals surface area contributed by atoms with Crippen LogP contribution in [0.4, 0.5) is 0 Å². The van der Waals surface area contributed by atoms with Crippen LogP contribution in [0, 0.1) is 0 Å². The second-order valence-corrected chi connectivity index (χ2v) is 4.05. The minimum atomic E-state index is -0.529. The maximum absolute atomic E-state index is 9.44. The first-order valence-corrected chi connectivity index (χ1v) is 5.76. The van der Waals surface area contributed by atoms with Crippen molar-refractivity contribution in [2.24, 2.45) is 5.73 Å². The Labute approximate surface area is 102 Å². The standard InChI is InChI=1S/C13H21NO3/c1-9(15)10(2)17-13(8-14)11-6-4-5-7-12(11)16-3/h4-7,9-10,13,15H,8,14H2,1-3H3. The van der Waals surface area contributed by atoms with Crippen LogP contribution >= 0.6 is 0 Å². The number of benzene rings is 1. The molecule has 3 atom stereocenters. The van der Waals surface area contributed by atoms with E-state index in [-0.39, 0.29) is 12.2 Å². The molecule has 0 saturated heterocycles. The molecule has 17 heavy (non-hydrogen) atoms. The van der Waals surface area contributed by atoms with Gasteiger partial charge in [0.2, 0.25) is 0 Å². The number of para-hydroxylation sites is 1. The number of ether oxygens (including phenoxy) is 2. The van der Waals surface area contributed by atoms with Crippen LogP contribution in [0.5, 0.6) is 5.75 Å². The highest BCUT2D eigenvalue weighted by Crippen LogP contribution is 2.27. The van der Waals surface area contributed by atoms with Crippen LogP contribution < -0.4 is 10.5 Å². The summed E-state index contributed by atoms with van der Waals surface area (Å²) in [6.07, 6.45) is -1.07. The van der Waals surface area contributed by atoms with Crippen molar-refractivity contribution < 1.29 is 14.6 Å². The molecule has 0 spiro atoms. The van der Waals surface area contributed by atoms with Crippen molar-refractivity contribution >= 4 is 0 Å². The minimum Gasteiger partial charge on any atom is -0.496 e. The predicted octanol–water partition coefficient (Wildman–Crippen LogP) is 1.48. The van der Waals surface area contributed by atoms with Gasteiger partial charge in [-0.25, -0.2) is 0 Å². The second kappa shape index (κ2) is 6.59. The molecule has 4 heteroatoms. The average Bonchev–Trinajstić information content (AvgIpc) is 2.35. The van der Waals surface area contributed by atoms with Crippen LogP contribution in [0.2, 0.25) is 0 Å². The molecule has 0 heterocycles. The molecule has 0 aliphatic rings. The van der Waals surface area contributed by atoms with Crippen molar-refractivity contribution in [2.75, 3.05) is 13.7 Å². The van der Waals surface area contributed by atoms with Gasteiger partial charge in [0, 0.05) is 12.1 Å². The maximum Gasteiger partial charge on any atom is 0.124 e. The Morgan fingerprint density at radius 3 is 2.47 bits per heavy atom. The summed E-state index contributed by atoms with van der Waals surface area (Å²) < 4.78 is 11.0. The smallest absolute Gasteiger partial charge is 0.124 e. The number of hydrogen-bond acceptors (Lipinski definition) is 4. The molecular formula is C13H21NO3. The summed E-state index contributed by atoms with van der Waals surface area (Å²) >= 11 is 0. The molecule has 1 aromatic carbocycles. The molecule has 1 rings (SSSR count). The summed E-state index contributed by atoms with van der Waals surface area (Å²) in [6.45, 7) is 3.86. The summed E-state index contributed by atoms with van der Waals surface area (Å²) in [6, 6.07) is 7.60. The average molecular weight is 239 g/mol. The fraction of sp³-hybridized carbons (Fsp3) is 0.538. The Hall–Kier alpha value is -1.10. The monoisotopic (exact) mass is 239 g/mol. The van der Waals surface area contributed by atoms with Gasteiger partial charge < -0.3 is 20.3 Å². The van der Waals surface area contributed by atoms with E-state index in [0.29, 0.717) is 6.54 Å². The van der Waals surface area contributed by atoms with Crippen molar-refractivity contribution in [3.8, 4) is 5.75 Å². The minimum absolute atomic E-state index is 0.268. The van der Waals surface area contributed by atoms with E-state index >= 15 is 0 Å². The molecule has 0 bridgehead atoms. The first kappa shape index (κ1) is 14.0. The molecule has 0 aliphatic heterocycles. The van der Waals surface area contributed by atoms with Gasteiger partial charge in [-0.15, -0.1) is 0 Å². The molecule has 96 valence electrons. The highest BCUT2D eigenvalue weighted by atomic mass is 16.5. The normalized spacial score (nSPS) is 16.3. The topological polar surface area (TPSA) is 64.7 Å². The molecule has 0 aliphatic carbocycles. The van der Waals surface area contributed by atoms with E-state index in [1.165, 1.54) is 0 Å². The number of nitrogens with two attached hydrogens (primary N) is 1. The first-order chi connectivity index (χ1) is 8.10. The summed E-state index contributed by atoms with van der Waals surface area (Å²) in [5.74, 6) is 0.751. The lowest BCUT2D eigenvalue weighted by molar-refractivity contribution is -0.0597. The number of methoxy groups -OCH3 is 1. The highest BCUT2D eigenvalue weighted by Gasteiger charge is 2.19. The highest BCUT2D eigenvalue weighted by molar-refractivity contribution is 5.35. The molecule has 0 fully saturated rings. The van der Waals surface area contributed by atoms with E-state index in [1.54, 1.807) is 14.0 Å². The number of hydrogen-bond donors (Lipinski definition) is 2. The zero-order valence-electron chi connectivity index (χ0n) is 10.6. The van der Waals surface area contributed by atoms with E-state index in [9.17, 15) is 5.11 Å². The van der Waals surface area contributed by atoms with E-state index < -0.39 is 6.10 Å². The Morgan fingerprint density at radius 2 is 1.94 bits per heavy atom. The summed E-state index contributed by atoms with van der Waals surface area (Å²) in [5.41, 5.74) is 6.62. The summed E-state index contributed by atoms with van der Waals surface area (Å²) in [4.78, 5) is 0. The van der Waals surface area contributed by atoms with Crippen molar-refractivity contribution in [2.45, 2.75) is 32.2 Å². The number of aliphatic hydroxyl groups is 1. The quantitative estimate of drug-likeness (QED) is 0.789. The van der Waals surface area contributed by atoms with Crippen molar-refractivity contribution in [3.63, 3.8) is 0 Å². The molecule has 3 N–H and O–H groups in total. The van der Waals surface area contributed by atoms with Gasteiger partial charge in [0.1, 0.15) is 5.75 Å². The van der Waals surface area contributed by atoms with Crippen LogP contribution in [0.15, 0.2) is 24.3 Å². The Morgan fingerprint density at radius 1 is 1.29 bits per heavy atom. The molecule has 4 nitrogen and oxygen atoms in total. The molecule has 0 radical (unpaired) electrons. The maximum atomic E-state index is 9.44. The van der Waals surface area contributed by atoms with E-state index in [0.717, 1.165) is 11.3 Å². The van der Waals surface area contributed by atoms with Crippen molar-refractivity contribution in [3.05, 3.63) is 29.8 Å². The SMILES string of the molecule is COc1ccccc1C(CN)OC(C)C(C)O. The van der Waals surface area contributed by atoms with E-state index in [2.05, 4.69) is 0 Å². The van der Waals surface area contributed by atoms with Crippen LogP contribution in [0.3, 0.4) is 0 Å². The van der Waals surface area contributed by atoms with Gasteiger partial charge in [-0.3, -0.25) is 0 Å². The molecule has 0 amide bonds. The third-order valence-electron chi connectivity index (χ3n) is 2.76. The van der Waals surface area contributed by atoms with Gasteiger partial charge >= 0.3 is 0 Å². The third-order valence-corrected chi connectivity index (χ3v) is 2.76. The fourth-order valence-electron chi connectivity index (χ4n) is 1.56. The van der Waals surface area contributed by atoms with Gasteiger partial charge in [-0.1, -0.05) is 18.2 Å².